The van der Waals surface area contributed by atoms with Gasteiger partial charge >= 0.3 is 0 Å². The van der Waals surface area contributed by atoms with E-state index in [1.165, 1.54) is 0 Å². The van der Waals surface area contributed by atoms with Gasteiger partial charge in [-0.2, -0.15) is 0 Å². The molecule has 0 spiro atoms. The normalized spacial score (nSPS) is 33.7. The maximum Gasteiger partial charge on any atom is 0.170 e. The van der Waals surface area contributed by atoms with E-state index in [1.54, 1.807) is 12.1 Å². The largest absolute Gasteiger partial charge is 0.507 e. The Balaban J connectivity index is 2.12. The second kappa shape index (κ2) is 4.32. The second-order valence-corrected chi connectivity index (χ2v) is 5.79. The molecule has 1 aromatic rings. The van der Waals surface area contributed by atoms with Gasteiger partial charge in [0.25, 0.3) is 0 Å². The Kier molecular flexibility index (Phi) is 2.87. The summed E-state index contributed by atoms with van der Waals surface area (Å²) in [5.74, 6) is -0.636. The number of hydrogen-bond acceptors (Lipinski definition) is 4. The molecule has 0 heterocycles. The molecule has 3 N–H and O–H groups in total. The molecule has 0 aliphatic heterocycles. The van der Waals surface area contributed by atoms with E-state index in [2.05, 4.69) is 0 Å². The molecule has 4 unspecified atom stereocenters. The van der Waals surface area contributed by atoms with Crippen molar-refractivity contribution in [1.29, 1.82) is 0 Å². The van der Waals surface area contributed by atoms with Crippen molar-refractivity contribution in [2.24, 2.45) is 11.8 Å². The summed E-state index contributed by atoms with van der Waals surface area (Å²) in [5.41, 5.74) is 1.60. The van der Waals surface area contributed by atoms with Crippen LogP contribution in [0.25, 0.3) is 0 Å². The molecule has 0 aromatic heterocycles. The van der Waals surface area contributed by atoms with Crippen molar-refractivity contribution < 1.29 is 20.1 Å². The number of carbonyl (C=O) groups is 1. The summed E-state index contributed by atoms with van der Waals surface area (Å²) in [6.45, 7) is 1.82. The first-order valence-corrected chi connectivity index (χ1v) is 6.73. The van der Waals surface area contributed by atoms with Crippen LogP contribution in [0, 0.1) is 18.8 Å². The third-order valence-electron chi connectivity index (χ3n) is 4.47. The fraction of sp³-hybridized carbons (Fsp3) is 0.533. The van der Waals surface area contributed by atoms with Gasteiger partial charge in [0.2, 0.25) is 0 Å². The number of benzene rings is 1. The molecule has 2 aliphatic carbocycles. The van der Waals surface area contributed by atoms with Crippen LogP contribution in [0.5, 0.6) is 5.75 Å². The average Bonchev–Trinajstić information content (AvgIpc) is 2.35. The maximum atomic E-state index is 12.5. The van der Waals surface area contributed by atoms with Gasteiger partial charge in [0.1, 0.15) is 5.75 Å². The van der Waals surface area contributed by atoms with Crippen LogP contribution in [0.1, 0.15) is 46.9 Å². The molecule has 4 nitrogen and oxygen atoms in total. The highest BCUT2D eigenvalue weighted by atomic mass is 16.3. The highest BCUT2D eigenvalue weighted by Crippen LogP contribution is 2.47. The third kappa shape index (κ3) is 1.86. The topological polar surface area (TPSA) is 77.8 Å². The molecule has 2 aliphatic rings. The number of carbonyl (C=O) groups excluding carboxylic acids is 1. The summed E-state index contributed by atoms with van der Waals surface area (Å²) in [4.78, 5) is 12.5. The molecule has 0 radical (unpaired) electrons. The van der Waals surface area contributed by atoms with Crippen molar-refractivity contribution in [3.8, 4) is 5.75 Å². The van der Waals surface area contributed by atoms with Crippen LogP contribution in [0.15, 0.2) is 12.1 Å². The fourth-order valence-corrected chi connectivity index (χ4v) is 3.57. The summed E-state index contributed by atoms with van der Waals surface area (Å²) in [7, 11) is 0. The molecule has 102 valence electrons. The highest BCUT2D eigenvalue weighted by molar-refractivity contribution is 6.03. The summed E-state index contributed by atoms with van der Waals surface area (Å²) in [6.07, 6.45) is 0.393. The van der Waals surface area contributed by atoms with Gasteiger partial charge in [-0.05, 0) is 43.4 Å². The molecular weight excluding hydrogens is 244 g/mol. The number of fused-ring (bicyclic) bond motifs is 2. The van der Waals surface area contributed by atoms with E-state index < -0.39 is 12.2 Å². The standard InChI is InChI=1S/C15H18O4/c1-7-4-11-13(12(17)5-7)15(19)9-3-2-8(16)6-10(9)14(11)18/h4-5,8-10,14,16-18H,2-3,6H2,1H3. The lowest BCUT2D eigenvalue weighted by molar-refractivity contribution is -0.00712. The van der Waals surface area contributed by atoms with Crippen molar-refractivity contribution in [3.63, 3.8) is 0 Å². The zero-order valence-corrected chi connectivity index (χ0v) is 10.8. The number of phenolic OH excluding ortho intramolecular Hbond substituents is 1. The fourth-order valence-electron chi connectivity index (χ4n) is 3.57. The molecule has 0 saturated heterocycles. The average molecular weight is 262 g/mol. The maximum absolute atomic E-state index is 12.5. The summed E-state index contributed by atoms with van der Waals surface area (Å²) < 4.78 is 0. The molecule has 19 heavy (non-hydrogen) atoms. The van der Waals surface area contributed by atoms with E-state index in [0.717, 1.165) is 5.56 Å². The van der Waals surface area contributed by atoms with Crippen LogP contribution in [0.4, 0.5) is 0 Å². The number of aryl methyl sites for hydroxylation is 1. The van der Waals surface area contributed by atoms with Crippen LogP contribution in [0.2, 0.25) is 0 Å². The Morgan fingerprint density at radius 2 is 1.95 bits per heavy atom. The Morgan fingerprint density at radius 3 is 2.68 bits per heavy atom. The van der Waals surface area contributed by atoms with E-state index in [4.69, 9.17) is 0 Å². The minimum Gasteiger partial charge on any atom is -0.507 e. The minimum absolute atomic E-state index is 0.0383. The molecule has 3 rings (SSSR count). The van der Waals surface area contributed by atoms with Gasteiger partial charge < -0.3 is 15.3 Å². The number of ketones is 1. The lowest BCUT2D eigenvalue weighted by atomic mass is 9.65. The zero-order valence-electron chi connectivity index (χ0n) is 10.8. The van der Waals surface area contributed by atoms with Gasteiger partial charge in [-0.1, -0.05) is 6.07 Å². The number of Topliss-reactive ketones (excluding diaryl/α,β-unsaturated/α-hetero) is 1. The number of hydrogen-bond donors (Lipinski definition) is 3. The van der Waals surface area contributed by atoms with Crippen molar-refractivity contribution in [1.82, 2.24) is 0 Å². The lowest BCUT2D eigenvalue weighted by Gasteiger charge is -2.40. The van der Waals surface area contributed by atoms with Crippen LogP contribution in [-0.2, 0) is 0 Å². The number of aliphatic hydroxyl groups excluding tert-OH is 2. The first-order chi connectivity index (χ1) is 8.99. The van der Waals surface area contributed by atoms with Crippen molar-refractivity contribution in [2.75, 3.05) is 0 Å². The number of rotatable bonds is 0. The summed E-state index contributed by atoms with van der Waals surface area (Å²) in [6, 6.07) is 3.32. The predicted octanol–water partition coefficient (Wildman–Crippen LogP) is 1.71. The molecular formula is C15H18O4. The van der Waals surface area contributed by atoms with Crippen molar-refractivity contribution in [2.45, 2.75) is 38.4 Å². The number of aromatic hydroxyl groups is 1. The second-order valence-electron chi connectivity index (χ2n) is 5.79. The van der Waals surface area contributed by atoms with E-state index in [1.807, 2.05) is 6.92 Å². The van der Waals surface area contributed by atoms with Crippen LogP contribution < -0.4 is 0 Å². The first-order valence-electron chi connectivity index (χ1n) is 6.73. The number of aliphatic hydroxyl groups is 2. The van der Waals surface area contributed by atoms with E-state index in [0.29, 0.717) is 24.8 Å². The summed E-state index contributed by atoms with van der Waals surface area (Å²) in [5, 5.41) is 30.2. The first kappa shape index (κ1) is 12.6. The molecule has 0 bridgehead atoms. The van der Waals surface area contributed by atoms with Crippen LogP contribution >= 0.6 is 0 Å². The Labute approximate surface area is 111 Å². The van der Waals surface area contributed by atoms with Gasteiger partial charge in [-0.15, -0.1) is 0 Å². The van der Waals surface area contributed by atoms with Gasteiger partial charge in [0.05, 0.1) is 17.8 Å². The SMILES string of the molecule is Cc1cc(O)c2c(c1)C(O)C1CC(O)CCC1C2=O. The van der Waals surface area contributed by atoms with Gasteiger partial charge in [0, 0.05) is 11.8 Å². The molecule has 0 amide bonds. The van der Waals surface area contributed by atoms with E-state index >= 15 is 0 Å². The quantitative estimate of drug-likeness (QED) is 0.665. The minimum atomic E-state index is -0.779. The van der Waals surface area contributed by atoms with E-state index in [9.17, 15) is 20.1 Å². The highest BCUT2D eigenvalue weighted by Gasteiger charge is 2.45. The zero-order chi connectivity index (χ0) is 13.7. The monoisotopic (exact) mass is 262 g/mol. The van der Waals surface area contributed by atoms with Crippen molar-refractivity contribution in [3.05, 3.63) is 28.8 Å². The third-order valence-corrected chi connectivity index (χ3v) is 4.47. The lowest BCUT2D eigenvalue weighted by Crippen LogP contribution is -2.40. The smallest absolute Gasteiger partial charge is 0.170 e. The van der Waals surface area contributed by atoms with Gasteiger partial charge in [-0.25, -0.2) is 0 Å². The van der Waals surface area contributed by atoms with Gasteiger partial charge in [0.15, 0.2) is 5.78 Å². The Hall–Kier alpha value is -1.39. The van der Waals surface area contributed by atoms with Crippen LogP contribution in [0.3, 0.4) is 0 Å². The Morgan fingerprint density at radius 1 is 1.21 bits per heavy atom. The molecule has 1 saturated carbocycles. The molecule has 1 fully saturated rings. The van der Waals surface area contributed by atoms with Crippen LogP contribution in [-0.4, -0.2) is 27.2 Å². The number of phenols is 1. The summed E-state index contributed by atoms with van der Waals surface area (Å²) >= 11 is 0. The van der Waals surface area contributed by atoms with Gasteiger partial charge in [-0.3, -0.25) is 4.79 Å². The molecule has 1 aromatic carbocycles. The Bertz CT molecular complexity index is 537. The van der Waals surface area contributed by atoms with E-state index in [-0.39, 0.29) is 28.9 Å². The van der Waals surface area contributed by atoms with Crippen molar-refractivity contribution >= 4 is 5.78 Å². The predicted molar refractivity (Wildman–Crippen MR) is 69.0 cm³/mol. The molecule has 4 heteroatoms. The molecule has 4 atom stereocenters.